The summed E-state index contributed by atoms with van der Waals surface area (Å²) in [6.45, 7) is 16.9. The smallest absolute Gasteiger partial charge is 0.248 e. The molecule has 0 N–H and O–H groups in total. The predicted molar refractivity (Wildman–Crippen MR) is 159 cm³/mol. The van der Waals surface area contributed by atoms with Crippen molar-refractivity contribution in [3.63, 3.8) is 0 Å². The molecule has 0 unspecified atom stereocenters. The topological polar surface area (TPSA) is 47.1 Å². The van der Waals surface area contributed by atoms with E-state index in [-0.39, 0.29) is 22.6 Å². The summed E-state index contributed by atoms with van der Waals surface area (Å²) in [5.41, 5.74) is 0.119. The number of carbonyl (C=O) groups excluding carboxylic acids is 2. The van der Waals surface area contributed by atoms with Gasteiger partial charge in [0.05, 0.1) is 13.1 Å². The maximum Gasteiger partial charge on any atom is 0.248 e. The highest BCUT2D eigenvalue weighted by Gasteiger charge is 2.36. The molecule has 0 bridgehead atoms. The molecule has 0 aliphatic carbocycles. The van der Waals surface area contributed by atoms with Gasteiger partial charge in [-0.15, -0.1) is 0 Å². The average Bonchev–Trinajstić information content (AvgIpc) is 3.21. The molecule has 0 aromatic heterocycles. The minimum atomic E-state index is 0.0595. The lowest BCUT2D eigenvalue weighted by molar-refractivity contribution is -0.126. The molecule has 2 rings (SSSR count). The van der Waals surface area contributed by atoms with Gasteiger partial charge in [-0.3, -0.25) is 19.4 Å². The molecule has 35 heavy (non-hydrogen) atoms. The molecule has 2 heterocycles. The molecule has 10 heteroatoms. The summed E-state index contributed by atoms with van der Waals surface area (Å²) >= 11 is 15.0. The molecule has 0 radical (unpaired) electrons. The van der Waals surface area contributed by atoms with Gasteiger partial charge in [-0.05, 0) is 91.4 Å². The molecule has 2 fully saturated rings. The van der Waals surface area contributed by atoms with E-state index in [9.17, 15) is 9.59 Å². The van der Waals surface area contributed by atoms with Crippen LogP contribution in [0, 0.1) is 10.8 Å². The van der Waals surface area contributed by atoms with Crippen LogP contribution in [0.3, 0.4) is 0 Å². The molecule has 6 nitrogen and oxygen atoms in total. The molecular formula is C25H44N4O2S4. The van der Waals surface area contributed by atoms with Crippen LogP contribution in [0.15, 0.2) is 0 Å². The van der Waals surface area contributed by atoms with Gasteiger partial charge < -0.3 is 9.80 Å². The second-order valence-electron chi connectivity index (χ2n) is 11.0. The second-order valence-corrected chi connectivity index (χ2v) is 14.1. The van der Waals surface area contributed by atoms with Crippen molar-refractivity contribution >= 4 is 70.0 Å². The van der Waals surface area contributed by atoms with E-state index in [4.69, 9.17) is 24.4 Å². The number of carbonyl (C=O) groups is 2. The minimum absolute atomic E-state index is 0.0595. The first-order valence-electron chi connectivity index (χ1n) is 12.7. The number of hydrogen-bond donors (Lipinski definition) is 0. The summed E-state index contributed by atoms with van der Waals surface area (Å²) < 4.78 is 0. The van der Waals surface area contributed by atoms with E-state index < -0.39 is 0 Å². The van der Waals surface area contributed by atoms with Crippen LogP contribution >= 0.6 is 48.0 Å². The molecule has 2 aliphatic rings. The summed E-state index contributed by atoms with van der Waals surface area (Å²) in [5, 5.41) is 1.38. The Bertz CT molecular complexity index is 713. The quantitative estimate of drug-likeness (QED) is 0.201. The number of likely N-dealkylation sites (N-methyl/N-ethyl adjacent to an activating group) is 2. The first-order valence-corrected chi connectivity index (χ1v) is 15.9. The lowest BCUT2D eigenvalue weighted by atomic mass is 9.89. The molecule has 2 aliphatic heterocycles. The fourth-order valence-electron chi connectivity index (χ4n) is 4.17. The summed E-state index contributed by atoms with van der Waals surface area (Å²) in [6.07, 6.45) is 3.35. The van der Waals surface area contributed by atoms with Crippen molar-refractivity contribution in [3.8, 4) is 0 Å². The normalized spacial score (nSPS) is 17.5. The van der Waals surface area contributed by atoms with Crippen LogP contribution in [0.4, 0.5) is 0 Å². The lowest BCUT2D eigenvalue weighted by Gasteiger charge is -2.30. The van der Waals surface area contributed by atoms with E-state index in [1.165, 1.54) is 17.9 Å². The SMILES string of the molecule is CCN1CC(=O)N(CC(C)(C)CCSCCCSCCC(C)(C)CN2C(=O)CN(CC)C2=S)C1=S. The van der Waals surface area contributed by atoms with Crippen LogP contribution in [0.2, 0.25) is 0 Å². The fraction of sp³-hybridized carbons (Fsp3) is 0.840. The number of rotatable bonds is 16. The van der Waals surface area contributed by atoms with E-state index in [1.54, 1.807) is 9.80 Å². The Hall–Kier alpha value is -0.580. The highest BCUT2D eigenvalue weighted by molar-refractivity contribution is 8.00. The summed E-state index contributed by atoms with van der Waals surface area (Å²) in [5.74, 6) is 4.82. The third-order valence-electron chi connectivity index (χ3n) is 6.62. The fourth-order valence-corrected chi connectivity index (χ4v) is 7.57. The first-order chi connectivity index (χ1) is 16.4. The number of hydrogen-bond acceptors (Lipinski definition) is 6. The predicted octanol–water partition coefficient (Wildman–Crippen LogP) is 4.57. The third-order valence-corrected chi connectivity index (χ3v) is 9.71. The molecule has 0 atom stereocenters. The van der Waals surface area contributed by atoms with Crippen molar-refractivity contribution in [1.29, 1.82) is 0 Å². The number of thioether (sulfide) groups is 2. The summed E-state index contributed by atoms with van der Waals surface area (Å²) in [6, 6.07) is 0. The summed E-state index contributed by atoms with van der Waals surface area (Å²) in [4.78, 5) is 32.1. The first kappa shape index (κ1) is 30.6. The molecule has 0 spiro atoms. The van der Waals surface area contributed by atoms with E-state index in [0.717, 1.165) is 37.4 Å². The van der Waals surface area contributed by atoms with Crippen LogP contribution in [0.1, 0.15) is 60.8 Å². The Morgan fingerprint density at radius 2 is 1.09 bits per heavy atom. The second kappa shape index (κ2) is 13.8. The highest BCUT2D eigenvalue weighted by atomic mass is 32.2. The number of amides is 2. The zero-order chi connectivity index (χ0) is 26.2. The van der Waals surface area contributed by atoms with Crippen LogP contribution in [-0.4, -0.2) is 104 Å². The van der Waals surface area contributed by atoms with Crippen molar-refractivity contribution in [3.05, 3.63) is 0 Å². The van der Waals surface area contributed by atoms with Gasteiger partial charge in [0.15, 0.2) is 10.2 Å². The molecule has 2 amide bonds. The maximum absolute atomic E-state index is 12.3. The van der Waals surface area contributed by atoms with Crippen molar-refractivity contribution < 1.29 is 9.59 Å². The maximum atomic E-state index is 12.3. The van der Waals surface area contributed by atoms with Gasteiger partial charge in [0.2, 0.25) is 11.8 Å². The number of nitrogens with zero attached hydrogens (tertiary/aromatic N) is 4. The molecular weight excluding hydrogens is 517 g/mol. The molecule has 0 saturated carbocycles. The van der Waals surface area contributed by atoms with Gasteiger partial charge in [-0.1, -0.05) is 27.7 Å². The van der Waals surface area contributed by atoms with Crippen LogP contribution < -0.4 is 0 Å². The van der Waals surface area contributed by atoms with Crippen LogP contribution in [0.25, 0.3) is 0 Å². The van der Waals surface area contributed by atoms with E-state index >= 15 is 0 Å². The average molecular weight is 561 g/mol. The van der Waals surface area contributed by atoms with Gasteiger partial charge in [0.25, 0.3) is 0 Å². The molecule has 2 saturated heterocycles. The molecule has 200 valence electrons. The lowest BCUT2D eigenvalue weighted by Crippen LogP contribution is -2.39. The van der Waals surface area contributed by atoms with Crippen molar-refractivity contribution in [2.24, 2.45) is 10.8 Å². The van der Waals surface area contributed by atoms with Crippen molar-refractivity contribution in [1.82, 2.24) is 19.6 Å². The third kappa shape index (κ3) is 9.34. The van der Waals surface area contributed by atoms with Gasteiger partial charge >= 0.3 is 0 Å². The van der Waals surface area contributed by atoms with E-state index in [0.29, 0.717) is 36.4 Å². The molecule has 0 aromatic rings. The Morgan fingerprint density at radius 3 is 1.40 bits per heavy atom. The summed E-state index contributed by atoms with van der Waals surface area (Å²) in [7, 11) is 0. The highest BCUT2D eigenvalue weighted by Crippen LogP contribution is 2.28. The standard InChI is InChI=1S/C25H44N4O2S4/c1-7-26-16-20(30)28(22(26)32)18-24(3,4)10-14-34-12-9-13-35-15-11-25(5,6)19-29-21(31)17-27(8-2)23(29)33/h7-19H2,1-6H3. The van der Waals surface area contributed by atoms with Gasteiger partial charge in [-0.2, -0.15) is 23.5 Å². The Kier molecular flexibility index (Phi) is 12.1. The Morgan fingerprint density at radius 1 is 0.714 bits per heavy atom. The minimum Gasteiger partial charge on any atom is -0.340 e. The van der Waals surface area contributed by atoms with Crippen LogP contribution in [0.5, 0.6) is 0 Å². The van der Waals surface area contributed by atoms with E-state index in [1.807, 2.05) is 47.2 Å². The van der Waals surface area contributed by atoms with E-state index in [2.05, 4.69) is 27.7 Å². The van der Waals surface area contributed by atoms with Gasteiger partial charge in [-0.25, -0.2) is 0 Å². The molecule has 0 aromatic carbocycles. The number of thiocarbonyl (C=S) groups is 2. The van der Waals surface area contributed by atoms with Crippen molar-refractivity contribution in [2.75, 3.05) is 62.3 Å². The monoisotopic (exact) mass is 560 g/mol. The van der Waals surface area contributed by atoms with Gasteiger partial charge in [0.1, 0.15) is 0 Å². The zero-order valence-corrected chi connectivity index (χ0v) is 25.7. The Labute approximate surface area is 232 Å². The largest absolute Gasteiger partial charge is 0.340 e. The van der Waals surface area contributed by atoms with Crippen molar-refractivity contribution in [2.45, 2.75) is 60.8 Å². The zero-order valence-electron chi connectivity index (χ0n) is 22.4. The van der Waals surface area contributed by atoms with Crippen LogP contribution in [-0.2, 0) is 9.59 Å². The Balaban J connectivity index is 1.55. The van der Waals surface area contributed by atoms with Gasteiger partial charge in [0, 0.05) is 26.2 Å².